The first-order valence-electron chi connectivity index (χ1n) is 5.83. The van der Waals surface area contributed by atoms with Gasteiger partial charge >= 0.3 is 0 Å². The van der Waals surface area contributed by atoms with Gasteiger partial charge in [0, 0.05) is 19.7 Å². The van der Waals surface area contributed by atoms with Crippen molar-refractivity contribution >= 4 is 5.91 Å². The molecule has 0 bridgehead atoms. The zero-order valence-corrected chi connectivity index (χ0v) is 9.29. The lowest BCUT2D eigenvalue weighted by Gasteiger charge is -2.36. The molecule has 0 radical (unpaired) electrons. The van der Waals surface area contributed by atoms with Gasteiger partial charge in [-0.1, -0.05) is 0 Å². The van der Waals surface area contributed by atoms with Gasteiger partial charge in [0.2, 0.25) is 5.91 Å². The van der Waals surface area contributed by atoms with Crippen molar-refractivity contribution in [3.63, 3.8) is 0 Å². The average Bonchev–Trinajstić information content (AvgIpc) is 2.23. The predicted molar refractivity (Wildman–Crippen MR) is 57.6 cm³/mol. The van der Waals surface area contributed by atoms with E-state index >= 15 is 0 Å². The molecular weight excluding hydrogens is 192 g/mol. The van der Waals surface area contributed by atoms with E-state index in [1.165, 1.54) is 0 Å². The predicted octanol–water partition coefficient (Wildman–Crippen LogP) is 0.280. The Morgan fingerprint density at radius 1 is 1.47 bits per heavy atom. The second-order valence-corrected chi connectivity index (χ2v) is 4.58. The molecule has 1 saturated carbocycles. The van der Waals surface area contributed by atoms with Crippen LogP contribution in [-0.4, -0.2) is 38.3 Å². The zero-order valence-electron chi connectivity index (χ0n) is 9.29. The van der Waals surface area contributed by atoms with Gasteiger partial charge in [0.15, 0.2) is 0 Å². The Labute approximate surface area is 90.8 Å². The summed E-state index contributed by atoms with van der Waals surface area (Å²) in [4.78, 5) is 11.8. The number of amides is 1. The van der Waals surface area contributed by atoms with Gasteiger partial charge in [0.1, 0.15) is 0 Å². The topological polar surface area (TPSA) is 50.4 Å². The summed E-state index contributed by atoms with van der Waals surface area (Å²) < 4.78 is 5.18. The van der Waals surface area contributed by atoms with Crippen molar-refractivity contribution in [3.8, 4) is 0 Å². The summed E-state index contributed by atoms with van der Waals surface area (Å²) in [6.07, 6.45) is 4.45. The van der Waals surface area contributed by atoms with Crippen molar-refractivity contribution in [1.29, 1.82) is 0 Å². The second-order valence-electron chi connectivity index (χ2n) is 4.58. The molecule has 0 aromatic carbocycles. The number of carbonyl (C=O) groups is 1. The van der Waals surface area contributed by atoms with E-state index in [1.54, 1.807) is 7.11 Å². The van der Waals surface area contributed by atoms with E-state index in [4.69, 9.17) is 4.74 Å². The van der Waals surface area contributed by atoms with Crippen molar-refractivity contribution < 1.29 is 9.53 Å². The molecule has 86 valence electrons. The number of piperidine rings is 1. The number of carbonyl (C=O) groups excluding carboxylic acids is 1. The van der Waals surface area contributed by atoms with Gasteiger partial charge in [-0.25, -0.2) is 0 Å². The Kier molecular flexibility index (Phi) is 3.59. The van der Waals surface area contributed by atoms with Crippen molar-refractivity contribution in [2.45, 2.75) is 37.8 Å². The monoisotopic (exact) mass is 212 g/mol. The standard InChI is InChI=1S/C11H20N2O2/c1-15-10-5-9(6-10)13-11(14)8-3-2-4-12-7-8/h8-10,12H,2-7H2,1H3,(H,13,14)/t8-,9?,10?/m0/s1. The molecule has 2 fully saturated rings. The summed E-state index contributed by atoms with van der Waals surface area (Å²) >= 11 is 0. The molecule has 2 rings (SSSR count). The Hall–Kier alpha value is -0.610. The van der Waals surface area contributed by atoms with E-state index < -0.39 is 0 Å². The van der Waals surface area contributed by atoms with Crippen LogP contribution >= 0.6 is 0 Å². The zero-order chi connectivity index (χ0) is 10.7. The highest BCUT2D eigenvalue weighted by molar-refractivity contribution is 5.79. The highest BCUT2D eigenvalue weighted by Gasteiger charge is 2.32. The molecule has 1 saturated heterocycles. The first-order chi connectivity index (χ1) is 7.29. The van der Waals surface area contributed by atoms with Crippen molar-refractivity contribution in [1.82, 2.24) is 10.6 Å². The molecule has 0 spiro atoms. The number of rotatable bonds is 3. The fourth-order valence-electron chi connectivity index (χ4n) is 2.27. The van der Waals surface area contributed by atoms with Crippen LogP contribution in [0.2, 0.25) is 0 Å². The van der Waals surface area contributed by atoms with Gasteiger partial charge in [-0.05, 0) is 32.2 Å². The van der Waals surface area contributed by atoms with Gasteiger partial charge in [-0.2, -0.15) is 0 Å². The Balaban J connectivity index is 1.68. The molecule has 4 nitrogen and oxygen atoms in total. The maximum Gasteiger partial charge on any atom is 0.224 e. The van der Waals surface area contributed by atoms with Crippen LogP contribution in [0.1, 0.15) is 25.7 Å². The lowest BCUT2D eigenvalue weighted by Crippen LogP contribution is -2.51. The molecule has 0 aromatic rings. The minimum atomic E-state index is 0.181. The van der Waals surface area contributed by atoms with Crippen molar-refractivity contribution in [2.24, 2.45) is 5.92 Å². The molecule has 2 N–H and O–H groups in total. The van der Waals surface area contributed by atoms with Crippen molar-refractivity contribution in [3.05, 3.63) is 0 Å². The van der Waals surface area contributed by atoms with Gasteiger partial charge in [0.05, 0.1) is 12.0 Å². The van der Waals surface area contributed by atoms with Gasteiger partial charge < -0.3 is 15.4 Å². The molecule has 4 heteroatoms. The van der Waals surface area contributed by atoms with E-state index in [9.17, 15) is 4.79 Å². The largest absolute Gasteiger partial charge is 0.381 e. The number of ether oxygens (including phenoxy) is 1. The molecule has 2 aliphatic rings. The molecule has 1 heterocycles. The minimum absolute atomic E-state index is 0.181. The Morgan fingerprint density at radius 2 is 2.27 bits per heavy atom. The number of hydrogen-bond acceptors (Lipinski definition) is 3. The number of methoxy groups -OCH3 is 1. The summed E-state index contributed by atoms with van der Waals surface area (Å²) in [6.45, 7) is 1.89. The van der Waals surface area contributed by atoms with Crippen LogP contribution in [0.15, 0.2) is 0 Å². The van der Waals surface area contributed by atoms with Crippen LogP contribution in [0.4, 0.5) is 0 Å². The maximum atomic E-state index is 11.8. The molecule has 15 heavy (non-hydrogen) atoms. The normalized spacial score (nSPS) is 35.7. The lowest BCUT2D eigenvalue weighted by atomic mass is 9.88. The third kappa shape index (κ3) is 2.69. The van der Waals surface area contributed by atoms with Gasteiger partial charge in [-0.3, -0.25) is 4.79 Å². The summed E-state index contributed by atoms with van der Waals surface area (Å²) in [7, 11) is 1.73. The van der Waals surface area contributed by atoms with E-state index in [0.717, 1.165) is 38.8 Å². The van der Waals surface area contributed by atoms with Gasteiger partial charge in [-0.15, -0.1) is 0 Å². The molecule has 1 aliphatic heterocycles. The van der Waals surface area contributed by atoms with Crippen LogP contribution in [0.3, 0.4) is 0 Å². The van der Waals surface area contributed by atoms with Crippen molar-refractivity contribution in [2.75, 3.05) is 20.2 Å². The lowest BCUT2D eigenvalue weighted by molar-refractivity contribution is -0.127. The van der Waals surface area contributed by atoms with Crippen LogP contribution in [-0.2, 0) is 9.53 Å². The minimum Gasteiger partial charge on any atom is -0.381 e. The fraction of sp³-hybridized carbons (Fsp3) is 0.909. The molecule has 1 aliphatic carbocycles. The third-order valence-corrected chi connectivity index (χ3v) is 3.44. The fourth-order valence-corrected chi connectivity index (χ4v) is 2.27. The molecule has 0 aromatic heterocycles. The van der Waals surface area contributed by atoms with Gasteiger partial charge in [0.25, 0.3) is 0 Å². The molecule has 0 unspecified atom stereocenters. The Bertz CT molecular complexity index is 221. The number of hydrogen-bond donors (Lipinski definition) is 2. The first kappa shape index (κ1) is 10.9. The van der Waals surface area contributed by atoms with Crippen LogP contribution < -0.4 is 10.6 Å². The summed E-state index contributed by atoms with van der Waals surface area (Å²) in [5.41, 5.74) is 0. The first-order valence-corrected chi connectivity index (χ1v) is 5.83. The van der Waals surface area contributed by atoms with Crippen LogP contribution in [0.5, 0.6) is 0 Å². The second kappa shape index (κ2) is 4.94. The number of nitrogens with one attached hydrogen (secondary N) is 2. The summed E-state index contributed by atoms with van der Waals surface area (Å²) in [5.74, 6) is 0.405. The summed E-state index contributed by atoms with van der Waals surface area (Å²) in [5, 5.41) is 6.35. The Morgan fingerprint density at radius 3 is 2.87 bits per heavy atom. The third-order valence-electron chi connectivity index (χ3n) is 3.44. The van der Waals surface area contributed by atoms with E-state index in [2.05, 4.69) is 10.6 Å². The summed E-state index contributed by atoms with van der Waals surface area (Å²) in [6, 6.07) is 0.351. The van der Waals surface area contributed by atoms with Crippen LogP contribution in [0, 0.1) is 5.92 Å². The smallest absolute Gasteiger partial charge is 0.224 e. The molecular formula is C11H20N2O2. The SMILES string of the molecule is COC1CC(NC(=O)[C@H]2CCCNC2)C1. The molecule has 1 atom stereocenters. The highest BCUT2D eigenvalue weighted by atomic mass is 16.5. The molecule has 1 amide bonds. The van der Waals surface area contributed by atoms with Crippen LogP contribution in [0.25, 0.3) is 0 Å². The van der Waals surface area contributed by atoms with E-state index in [0.29, 0.717) is 12.1 Å². The average molecular weight is 212 g/mol. The van der Waals surface area contributed by atoms with E-state index in [1.807, 2.05) is 0 Å². The van der Waals surface area contributed by atoms with E-state index in [-0.39, 0.29) is 11.8 Å². The maximum absolute atomic E-state index is 11.8. The highest BCUT2D eigenvalue weighted by Crippen LogP contribution is 2.23. The quantitative estimate of drug-likeness (QED) is 0.706.